The summed E-state index contributed by atoms with van der Waals surface area (Å²) >= 11 is 0. The van der Waals surface area contributed by atoms with Crippen LogP contribution in [0.2, 0.25) is 0 Å². The summed E-state index contributed by atoms with van der Waals surface area (Å²) < 4.78 is 4.57. The molecule has 0 aliphatic heterocycles. The predicted molar refractivity (Wildman–Crippen MR) is 62.8 cm³/mol. The van der Waals surface area contributed by atoms with Gasteiger partial charge in [-0.2, -0.15) is 4.98 Å². The van der Waals surface area contributed by atoms with Crippen molar-refractivity contribution in [3.8, 4) is 0 Å². The number of hydrogen-bond acceptors (Lipinski definition) is 5. The Morgan fingerprint density at radius 1 is 1.59 bits per heavy atom. The Kier molecular flexibility index (Phi) is 6.24. The molecule has 1 atom stereocenters. The first-order valence-corrected chi connectivity index (χ1v) is 5.98. The summed E-state index contributed by atoms with van der Waals surface area (Å²) in [5.41, 5.74) is 5.51. The lowest BCUT2D eigenvalue weighted by Crippen LogP contribution is -2.24. The van der Waals surface area contributed by atoms with Gasteiger partial charge in [-0.3, -0.25) is 4.79 Å². The van der Waals surface area contributed by atoms with Crippen LogP contribution in [-0.4, -0.2) is 22.6 Å². The largest absolute Gasteiger partial charge is 0.349 e. The zero-order chi connectivity index (χ0) is 12.5. The highest BCUT2D eigenvalue weighted by Crippen LogP contribution is 2.14. The molecular formula is C11H20N4O2. The van der Waals surface area contributed by atoms with Gasteiger partial charge in [-0.05, 0) is 25.3 Å². The third-order valence-electron chi connectivity index (χ3n) is 2.78. The van der Waals surface area contributed by atoms with Crippen LogP contribution in [-0.2, 0) is 11.3 Å². The maximum Gasteiger partial charge on any atom is 0.220 e. The van der Waals surface area contributed by atoms with Crippen molar-refractivity contribution >= 4 is 5.91 Å². The molecule has 0 aliphatic rings. The third kappa shape index (κ3) is 5.44. The summed E-state index contributed by atoms with van der Waals surface area (Å²) in [7, 11) is 0. The molecule has 0 aliphatic carbocycles. The summed E-state index contributed by atoms with van der Waals surface area (Å²) in [6.45, 7) is 3.13. The van der Waals surface area contributed by atoms with Gasteiger partial charge in [0.05, 0.1) is 6.54 Å². The van der Waals surface area contributed by atoms with Crippen molar-refractivity contribution in [2.75, 3.05) is 6.54 Å². The lowest BCUT2D eigenvalue weighted by atomic mass is 9.96. The fraction of sp³-hybridized carbons (Fsp3) is 0.727. The van der Waals surface area contributed by atoms with Crippen molar-refractivity contribution in [1.29, 1.82) is 0 Å². The van der Waals surface area contributed by atoms with Crippen molar-refractivity contribution in [3.05, 3.63) is 12.2 Å². The topological polar surface area (TPSA) is 94.0 Å². The van der Waals surface area contributed by atoms with E-state index >= 15 is 0 Å². The number of nitrogens with zero attached hydrogens (tertiary/aromatic N) is 2. The number of aromatic nitrogens is 2. The van der Waals surface area contributed by atoms with Crippen LogP contribution in [0.3, 0.4) is 0 Å². The molecule has 0 bridgehead atoms. The summed E-state index contributed by atoms with van der Waals surface area (Å²) in [5, 5.41) is 6.36. The Morgan fingerprint density at radius 2 is 2.41 bits per heavy atom. The number of nitrogens with two attached hydrogens (primary N) is 1. The van der Waals surface area contributed by atoms with Gasteiger partial charge in [-0.15, -0.1) is 0 Å². The highest BCUT2D eigenvalue weighted by molar-refractivity contribution is 5.75. The molecule has 0 aromatic carbocycles. The zero-order valence-corrected chi connectivity index (χ0v) is 10.2. The van der Waals surface area contributed by atoms with E-state index < -0.39 is 0 Å². The van der Waals surface area contributed by atoms with Crippen LogP contribution in [0, 0.1) is 5.92 Å². The lowest BCUT2D eigenvalue weighted by Gasteiger charge is -2.12. The van der Waals surface area contributed by atoms with Gasteiger partial charge >= 0.3 is 0 Å². The summed E-state index contributed by atoms with van der Waals surface area (Å²) in [6, 6.07) is 0. The molecule has 0 fully saturated rings. The number of amides is 1. The molecule has 1 heterocycles. The smallest absolute Gasteiger partial charge is 0.220 e. The molecule has 6 nitrogen and oxygen atoms in total. The van der Waals surface area contributed by atoms with Gasteiger partial charge in [0.15, 0.2) is 5.82 Å². The van der Waals surface area contributed by atoms with Crippen LogP contribution in [0.15, 0.2) is 10.9 Å². The van der Waals surface area contributed by atoms with Gasteiger partial charge in [-0.1, -0.05) is 18.5 Å². The molecule has 0 spiro atoms. The predicted octanol–water partition coefficient (Wildman–Crippen LogP) is 0.841. The van der Waals surface area contributed by atoms with Crippen LogP contribution in [0.5, 0.6) is 0 Å². The van der Waals surface area contributed by atoms with Gasteiger partial charge in [0.1, 0.15) is 0 Å². The second-order valence-corrected chi connectivity index (χ2v) is 4.01. The van der Waals surface area contributed by atoms with Crippen molar-refractivity contribution in [3.63, 3.8) is 0 Å². The molecule has 96 valence electrons. The summed E-state index contributed by atoms with van der Waals surface area (Å²) in [6.07, 6.45) is 4.70. The molecule has 3 N–H and O–H groups in total. The number of rotatable bonds is 8. The average molecular weight is 240 g/mol. The van der Waals surface area contributed by atoms with E-state index in [4.69, 9.17) is 5.73 Å². The zero-order valence-electron chi connectivity index (χ0n) is 10.2. The fourth-order valence-corrected chi connectivity index (χ4v) is 1.66. The molecule has 6 heteroatoms. The summed E-state index contributed by atoms with van der Waals surface area (Å²) in [4.78, 5) is 15.4. The molecule has 1 rings (SSSR count). The SMILES string of the molecule is CCC(CCN)CCC(=O)NCc1ncon1. The average Bonchev–Trinajstić information content (AvgIpc) is 2.85. The van der Waals surface area contributed by atoms with E-state index in [1.54, 1.807) is 0 Å². The van der Waals surface area contributed by atoms with Crippen LogP contribution in [0.1, 0.15) is 38.4 Å². The minimum absolute atomic E-state index is 0.0188. The van der Waals surface area contributed by atoms with Crippen molar-refractivity contribution < 1.29 is 9.32 Å². The monoisotopic (exact) mass is 240 g/mol. The molecular weight excluding hydrogens is 220 g/mol. The van der Waals surface area contributed by atoms with E-state index in [1.807, 2.05) is 0 Å². The minimum atomic E-state index is 0.0188. The van der Waals surface area contributed by atoms with E-state index in [9.17, 15) is 4.79 Å². The van der Waals surface area contributed by atoms with Crippen LogP contribution in [0.25, 0.3) is 0 Å². The molecule has 1 aromatic heterocycles. The second-order valence-electron chi connectivity index (χ2n) is 4.01. The first kappa shape index (κ1) is 13.6. The number of carbonyl (C=O) groups excluding carboxylic acids is 1. The van der Waals surface area contributed by atoms with Crippen LogP contribution >= 0.6 is 0 Å². The number of carbonyl (C=O) groups is 1. The second kappa shape index (κ2) is 7.78. The molecule has 0 saturated carbocycles. The first-order valence-electron chi connectivity index (χ1n) is 5.98. The van der Waals surface area contributed by atoms with E-state index in [0.717, 1.165) is 19.3 Å². The van der Waals surface area contributed by atoms with Crippen molar-refractivity contribution in [2.45, 2.75) is 39.2 Å². The number of nitrogens with one attached hydrogen (secondary N) is 1. The highest BCUT2D eigenvalue weighted by Gasteiger charge is 2.09. The molecule has 0 saturated heterocycles. The molecule has 1 aromatic rings. The van der Waals surface area contributed by atoms with Gasteiger partial charge < -0.3 is 15.6 Å². The van der Waals surface area contributed by atoms with Gasteiger partial charge in [0, 0.05) is 6.42 Å². The minimum Gasteiger partial charge on any atom is -0.349 e. The Balaban J connectivity index is 2.16. The normalized spacial score (nSPS) is 12.4. The Bertz CT molecular complexity index is 313. The lowest BCUT2D eigenvalue weighted by molar-refractivity contribution is -0.121. The molecule has 1 unspecified atom stereocenters. The van der Waals surface area contributed by atoms with Gasteiger partial charge in [0.25, 0.3) is 0 Å². The first-order chi connectivity index (χ1) is 8.26. The van der Waals surface area contributed by atoms with E-state index in [0.29, 0.717) is 31.3 Å². The molecule has 1 amide bonds. The highest BCUT2D eigenvalue weighted by atomic mass is 16.5. The standard InChI is InChI=1S/C11H20N4O2/c1-2-9(5-6-12)3-4-11(16)13-7-10-14-8-17-15-10/h8-9H,2-7,12H2,1H3,(H,13,16). The number of hydrogen-bond donors (Lipinski definition) is 2. The van der Waals surface area contributed by atoms with Crippen LogP contribution in [0.4, 0.5) is 0 Å². The van der Waals surface area contributed by atoms with Gasteiger partial charge in [0.2, 0.25) is 12.3 Å². The van der Waals surface area contributed by atoms with E-state index in [-0.39, 0.29) is 5.91 Å². The maximum atomic E-state index is 11.5. The third-order valence-corrected chi connectivity index (χ3v) is 2.78. The maximum absolute atomic E-state index is 11.5. The Hall–Kier alpha value is -1.43. The van der Waals surface area contributed by atoms with Crippen molar-refractivity contribution in [2.24, 2.45) is 11.7 Å². The van der Waals surface area contributed by atoms with E-state index in [1.165, 1.54) is 6.39 Å². The quantitative estimate of drug-likeness (QED) is 0.702. The van der Waals surface area contributed by atoms with Gasteiger partial charge in [-0.25, -0.2) is 0 Å². The Labute approximate surface area is 101 Å². The van der Waals surface area contributed by atoms with E-state index in [2.05, 4.69) is 26.9 Å². The molecule has 17 heavy (non-hydrogen) atoms. The summed E-state index contributed by atoms with van der Waals surface area (Å²) in [5.74, 6) is 1.05. The molecule has 0 radical (unpaired) electrons. The van der Waals surface area contributed by atoms with Crippen LogP contribution < -0.4 is 11.1 Å². The van der Waals surface area contributed by atoms with Crippen molar-refractivity contribution in [1.82, 2.24) is 15.5 Å². The Morgan fingerprint density at radius 3 is 3.00 bits per heavy atom. The fourth-order valence-electron chi connectivity index (χ4n) is 1.66.